The summed E-state index contributed by atoms with van der Waals surface area (Å²) in [6.45, 7) is 6.41. The van der Waals surface area contributed by atoms with Gasteiger partial charge in [0.2, 0.25) is 0 Å². The van der Waals surface area contributed by atoms with Crippen molar-refractivity contribution >= 4 is 22.9 Å². The van der Waals surface area contributed by atoms with Gasteiger partial charge in [-0.25, -0.2) is 9.97 Å². The average molecular weight is 267 g/mol. The topological polar surface area (TPSA) is 25.8 Å². The number of rotatable bonds is 3. The molecule has 90 valence electrons. The molecule has 2 aromatic heterocycles. The lowest BCUT2D eigenvalue weighted by molar-refractivity contribution is 0.634. The molecule has 0 aromatic carbocycles. The van der Waals surface area contributed by atoms with Gasteiger partial charge < -0.3 is 0 Å². The number of hydrogen-bond acceptors (Lipinski definition) is 3. The highest BCUT2D eigenvalue weighted by molar-refractivity contribution is 7.13. The molecule has 0 N–H and O–H groups in total. The lowest BCUT2D eigenvalue weighted by Crippen LogP contribution is -2.00. The first-order valence-electron chi connectivity index (χ1n) is 5.64. The zero-order chi connectivity index (χ0) is 12.4. The number of aromatic nitrogens is 2. The first-order valence-corrected chi connectivity index (χ1v) is 6.90. The van der Waals surface area contributed by atoms with Crippen molar-refractivity contribution in [2.75, 3.05) is 0 Å². The van der Waals surface area contributed by atoms with Crippen LogP contribution < -0.4 is 0 Å². The van der Waals surface area contributed by atoms with E-state index in [1.807, 2.05) is 6.07 Å². The van der Waals surface area contributed by atoms with E-state index in [-0.39, 0.29) is 0 Å². The third kappa shape index (κ3) is 3.05. The molecule has 0 bridgehead atoms. The fraction of sp³-hybridized carbons (Fsp3) is 0.385. The Morgan fingerprint density at radius 1 is 1.35 bits per heavy atom. The van der Waals surface area contributed by atoms with Gasteiger partial charge in [-0.05, 0) is 42.3 Å². The Bertz CT molecular complexity index is 520. The smallest absolute Gasteiger partial charge is 0.171 e. The van der Waals surface area contributed by atoms with Crippen LogP contribution in [0.1, 0.15) is 25.1 Å². The van der Waals surface area contributed by atoms with E-state index in [1.165, 1.54) is 5.56 Å². The van der Waals surface area contributed by atoms with Gasteiger partial charge in [0.25, 0.3) is 0 Å². The highest BCUT2D eigenvalue weighted by Crippen LogP contribution is 2.27. The maximum Gasteiger partial charge on any atom is 0.171 e. The monoisotopic (exact) mass is 266 g/mol. The number of hydrogen-bond donors (Lipinski definition) is 0. The quantitative estimate of drug-likeness (QED) is 0.771. The van der Waals surface area contributed by atoms with Gasteiger partial charge in [-0.15, -0.1) is 11.3 Å². The Kier molecular flexibility index (Phi) is 3.79. The molecular weight excluding hydrogens is 252 g/mol. The second-order valence-corrected chi connectivity index (χ2v) is 5.84. The summed E-state index contributed by atoms with van der Waals surface area (Å²) in [6, 6.07) is 3.93. The predicted octanol–water partition coefficient (Wildman–Crippen LogP) is 4.37. The summed E-state index contributed by atoms with van der Waals surface area (Å²) >= 11 is 7.71. The number of thiophene rings is 1. The van der Waals surface area contributed by atoms with Crippen molar-refractivity contribution in [3.8, 4) is 10.7 Å². The molecule has 0 saturated heterocycles. The minimum atomic E-state index is 0.526. The van der Waals surface area contributed by atoms with Crippen LogP contribution >= 0.6 is 22.9 Å². The average Bonchev–Trinajstić information content (AvgIpc) is 2.62. The van der Waals surface area contributed by atoms with Gasteiger partial charge in [-0.1, -0.05) is 25.4 Å². The number of nitrogens with zero attached hydrogens (tertiary/aromatic N) is 2. The molecule has 0 atom stereocenters. The van der Waals surface area contributed by atoms with E-state index in [1.54, 1.807) is 11.3 Å². The van der Waals surface area contributed by atoms with Gasteiger partial charge in [-0.3, -0.25) is 0 Å². The van der Waals surface area contributed by atoms with Crippen LogP contribution in [0.4, 0.5) is 0 Å². The Morgan fingerprint density at radius 3 is 2.71 bits per heavy atom. The molecule has 0 saturated carbocycles. The first kappa shape index (κ1) is 12.5. The second kappa shape index (κ2) is 5.15. The van der Waals surface area contributed by atoms with Gasteiger partial charge in [0.1, 0.15) is 5.15 Å². The summed E-state index contributed by atoms with van der Waals surface area (Å²) in [6.07, 6.45) is 0.930. The van der Waals surface area contributed by atoms with Crippen LogP contribution in [0.25, 0.3) is 10.7 Å². The molecule has 0 amide bonds. The lowest BCUT2D eigenvalue weighted by Gasteiger charge is -2.06. The van der Waals surface area contributed by atoms with Crippen LogP contribution in [0.3, 0.4) is 0 Å². The molecule has 0 spiro atoms. The van der Waals surface area contributed by atoms with Crippen molar-refractivity contribution < 1.29 is 0 Å². The molecule has 0 radical (unpaired) electrons. The first-order chi connectivity index (χ1) is 8.06. The van der Waals surface area contributed by atoms with Crippen molar-refractivity contribution in [2.45, 2.75) is 27.2 Å². The largest absolute Gasteiger partial charge is 0.232 e. The number of aryl methyl sites for hydroxylation is 1. The van der Waals surface area contributed by atoms with E-state index in [0.717, 1.165) is 22.8 Å². The van der Waals surface area contributed by atoms with Gasteiger partial charge in [0, 0.05) is 5.69 Å². The summed E-state index contributed by atoms with van der Waals surface area (Å²) in [5, 5.41) is 2.58. The third-order valence-corrected chi connectivity index (χ3v) is 3.64. The summed E-state index contributed by atoms with van der Waals surface area (Å²) in [5.41, 5.74) is 2.22. The molecule has 17 heavy (non-hydrogen) atoms. The van der Waals surface area contributed by atoms with Crippen LogP contribution in [0.2, 0.25) is 5.15 Å². The molecule has 2 nitrogen and oxygen atoms in total. The highest BCUT2D eigenvalue weighted by atomic mass is 35.5. The Balaban J connectivity index is 2.42. The molecule has 2 heterocycles. The second-order valence-electron chi connectivity index (χ2n) is 4.54. The van der Waals surface area contributed by atoms with Crippen LogP contribution in [0.15, 0.2) is 17.5 Å². The zero-order valence-corrected chi connectivity index (χ0v) is 11.8. The van der Waals surface area contributed by atoms with Crippen LogP contribution in [-0.4, -0.2) is 9.97 Å². The van der Waals surface area contributed by atoms with E-state index in [2.05, 4.69) is 42.2 Å². The van der Waals surface area contributed by atoms with Crippen molar-refractivity contribution in [1.82, 2.24) is 9.97 Å². The third-order valence-electron chi connectivity index (χ3n) is 2.43. The fourth-order valence-electron chi connectivity index (χ4n) is 1.69. The molecule has 0 aliphatic heterocycles. The summed E-state index contributed by atoms with van der Waals surface area (Å²) in [7, 11) is 0. The Labute approximate surface area is 111 Å². The molecule has 2 aromatic rings. The van der Waals surface area contributed by atoms with E-state index < -0.39 is 0 Å². The van der Waals surface area contributed by atoms with Crippen LogP contribution in [-0.2, 0) is 6.42 Å². The van der Waals surface area contributed by atoms with Crippen molar-refractivity contribution in [3.63, 3.8) is 0 Å². The van der Waals surface area contributed by atoms with Gasteiger partial charge in [0.15, 0.2) is 5.82 Å². The summed E-state index contributed by atoms with van der Waals surface area (Å²) < 4.78 is 0. The zero-order valence-electron chi connectivity index (χ0n) is 10.2. The van der Waals surface area contributed by atoms with E-state index in [4.69, 9.17) is 11.6 Å². The molecular formula is C13H15ClN2S. The van der Waals surface area contributed by atoms with E-state index >= 15 is 0 Å². The highest BCUT2D eigenvalue weighted by Gasteiger charge is 2.10. The lowest BCUT2D eigenvalue weighted by atomic mass is 10.1. The van der Waals surface area contributed by atoms with Gasteiger partial charge in [-0.2, -0.15) is 0 Å². The SMILES string of the molecule is Cc1ccsc1-c1nc(Cl)cc(CC(C)C)n1. The minimum absolute atomic E-state index is 0.526. The van der Waals surface area contributed by atoms with Crippen molar-refractivity contribution in [1.29, 1.82) is 0 Å². The van der Waals surface area contributed by atoms with Gasteiger partial charge in [0.05, 0.1) is 4.88 Å². The predicted molar refractivity (Wildman–Crippen MR) is 73.6 cm³/mol. The standard InChI is InChI=1S/C13H15ClN2S/c1-8(2)6-10-7-11(14)16-13(15-10)12-9(3)4-5-17-12/h4-5,7-8H,6H2,1-3H3. The molecule has 2 rings (SSSR count). The Morgan fingerprint density at radius 2 is 2.12 bits per heavy atom. The van der Waals surface area contributed by atoms with Crippen LogP contribution in [0, 0.1) is 12.8 Å². The minimum Gasteiger partial charge on any atom is -0.232 e. The van der Waals surface area contributed by atoms with Crippen molar-refractivity contribution in [2.24, 2.45) is 5.92 Å². The van der Waals surface area contributed by atoms with E-state index in [0.29, 0.717) is 11.1 Å². The van der Waals surface area contributed by atoms with Crippen molar-refractivity contribution in [3.05, 3.63) is 33.9 Å². The molecule has 0 unspecified atom stereocenters. The molecule has 4 heteroatoms. The Hall–Kier alpha value is -0.930. The number of halogens is 1. The maximum atomic E-state index is 6.06. The van der Waals surface area contributed by atoms with Gasteiger partial charge >= 0.3 is 0 Å². The molecule has 0 aliphatic rings. The van der Waals surface area contributed by atoms with E-state index in [9.17, 15) is 0 Å². The summed E-state index contributed by atoms with van der Waals surface area (Å²) in [4.78, 5) is 10.0. The molecule has 0 fully saturated rings. The molecule has 0 aliphatic carbocycles. The normalized spacial score (nSPS) is 11.1. The van der Waals surface area contributed by atoms with Crippen LogP contribution in [0.5, 0.6) is 0 Å². The summed E-state index contributed by atoms with van der Waals surface area (Å²) in [5.74, 6) is 1.32. The fourth-order valence-corrected chi connectivity index (χ4v) is 2.76. The maximum absolute atomic E-state index is 6.06.